The molecule has 1 aliphatic rings. The van der Waals surface area contributed by atoms with Gasteiger partial charge < -0.3 is 9.42 Å². The first kappa shape index (κ1) is 15.5. The van der Waals surface area contributed by atoms with Crippen molar-refractivity contribution in [2.75, 3.05) is 6.54 Å². The van der Waals surface area contributed by atoms with Crippen molar-refractivity contribution in [3.63, 3.8) is 0 Å². The minimum absolute atomic E-state index is 0.0852. The number of hydrogen-bond acceptors (Lipinski definition) is 4. The monoisotopic (exact) mass is 337 g/mol. The van der Waals surface area contributed by atoms with Crippen LogP contribution < -0.4 is 0 Å². The van der Waals surface area contributed by atoms with Crippen molar-refractivity contribution in [2.24, 2.45) is 0 Å². The predicted octanol–water partition coefficient (Wildman–Crippen LogP) is 3.39. The zero-order valence-corrected chi connectivity index (χ0v) is 13.4. The van der Waals surface area contributed by atoms with Gasteiger partial charge in [0.05, 0.1) is 0 Å². The molecule has 0 bridgehead atoms. The van der Waals surface area contributed by atoms with Gasteiger partial charge in [-0.1, -0.05) is 35.5 Å². The van der Waals surface area contributed by atoms with Gasteiger partial charge in [-0.15, -0.1) is 0 Å². The fourth-order valence-electron chi connectivity index (χ4n) is 3.01. The number of hydrogen-bond donors (Lipinski definition) is 0. The first-order valence-electron chi connectivity index (χ1n) is 8.10. The van der Waals surface area contributed by atoms with Crippen LogP contribution in [-0.2, 0) is 11.3 Å². The molecule has 126 valence electrons. The zero-order chi connectivity index (χ0) is 17.2. The highest BCUT2D eigenvalue weighted by Crippen LogP contribution is 2.29. The molecule has 1 aliphatic heterocycles. The van der Waals surface area contributed by atoms with Gasteiger partial charge >= 0.3 is 0 Å². The van der Waals surface area contributed by atoms with E-state index in [4.69, 9.17) is 4.52 Å². The molecule has 1 atom stereocenters. The van der Waals surface area contributed by atoms with E-state index in [9.17, 15) is 9.18 Å². The van der Waals surface area contributed by atoms with Crippen LogP contribution in [0.25, 0.3) is 11.5 Å². The minimum Gasteiger partial charge on any atom is -0.338 e. The van der Waals surface area contributed by atoms with E-state index in [1.165, 1.54) is 12.1 Å². The molecule has 2 heterocycles. The lowest BCUT2D eigenvalue weighted by Gasteiger charge is -2.15. The molecular formula is C19H16FN3O2. The number of halogens is 1. The summed E-state index contributed by atoms with van der Waals surface area (Å²) in [4.78, 5) is 18.5. The molecular weight excluding hydrogens is 321 g/mol. The molecule has 25 heavy (non-hydrogen) atoms. The van der Waals surface area contributed by atoms with Crippen LogP contribution in [0.4, 0.5) is 4.39 Å². The summed E-state index contributed by atoms with van der Waals surface area (Å²) in [5.41, 5.74) is 1.75. The molecule has 1 amide bonds. The largest absolute Gasteiger partial charge is 0.338 e. The van der Waals surface area contributed by atoms with Gasteiger partial charge in [0.1, 0.15) is 5.82 Å². The summed E-state index contributed by atoms with van der Waals surface area (Å²) < 4.78 is 18.3. The molecule has 6 heteroatoms. The average molecular weight is 337 g/mol. The number of likely N-dealkylation sites (tertiary alicyclic amines) is 1. The highest BCUT2D eigenvalue weighted by atomic mass is 19.1. The molecule has 4 rings (SSSR count). The van der Waals surface area contributed by atoms with E-state index in [1.54, 1.807) is 12.1 Å². The summed E-state index contributed by atoms with van der Waals surface area (Å²) >= 11 is 0. The van der Waals surface area contributed by atoms with Crippen LogP contribution in [0.15, 0.2) is 59.1 Å². The van der Waals surface area contributed by atoms with E-state index in [0.717, 1.165) is 5.56 Å². The second-order valence-electron chi connectivity index (χ2n) is 6.13. The van der Waals surface area contributed by atoms with Gasteiger partial charge in [0, 0.05) is 31.0 Å². The number of carbonyl (C=O) groups excluding carboxylic acids is 1. The smallest absolute Gasteiger partial charge is 0.257 e. The van der Waals surface area contributed by atoms with Crippen molar-refractivity contribution in [2.45, 2.75) is 18.9 Å². The lowest BCUT2D eigenvalue weighted by atomic mass is 10.1. The lowest BCUT2D eigenvalue weighted by molar-refractivity contribution is -0.128. The van der Waals surface area contributed by atoms with Crippen LogP contribution in [0, 0.1) is 5.82 Å². The van der Waals surface area contributed by atoms with Crippen LogP contribution in [0.2, 0.25) is 0 Å². The Morgan fingerprint density at radius 2 is 1.88 bits per heavy atom. The molecule has 0 radical (unpaired) electrons. The number of rotatable bonds is 4. The van der Waals surface area contributed by atoms with Gasteiger partial charge in [-0.2, -0.15) is 4.98 Å². The van der Waals surface area contributed by atoms with Crippen molar-refractivity contribution in [1.29, 1.82) is 0 Å². The fourth-order valence-corrected chi connectivity index (χ4v) is 3.01. The Hall–Kier alpha value is -3.02. The first-order chi connectivity index (χ1) is 12.2. The fraction of sp³-hybridized carbons (Fsp3) is 0.211. The Morgan fingerprint density at radius 1 is 1.12 bits per heavy atom. The highest BCUT2D eigenvalue weighted by Gasteiger charge is 2.33. The Kier molecular flexibility index (Phi) is 4.01. The van der Waals surface area contributed by atoms with Crippen molar-refractivity contribution < 1.29 is 13.7 Å². The molecule has 0 unspecified atom stereocenters. The van der Waals surface area contributed by atoms with E-state index in [2.05, 4.69) is 10.1 Å². The van der Waals surface area contributed by atoms with Crippen molar-refractivity contribution in [1.82, 2.24) is 15.0 Å². The van der Waals surface area contributed by atoms with Gasteiger partial charge in [-0.05, 0) is 29.8 Å². The third kappa shape index (κ3) is 3.28. The second-order valence-corrected chi connectivity index (χ2v) is 6.13. The van der Waals surface area contributed by atoms with E-state index < -0.39 is 0 Å². The van der Waals surface area contributed by atoms with Gasteiger partial charge in [0.25, 0.3) is 5.89 Å². The SMILES string of the molecule is O=C1C[C@@H](c2noc(-c3ccc(F)cc3)n2)CN1Cc1ccccc1. The number of amides is 1. The summed E-state index contributed by atoms with van der Waals surface area (Å²) in [5, 5.41) is 4.01. The van der Waals surface area contributed by atoms with Crippen molar-refractivity contribution >= 4 is 5.91 Å². The van der Waals surface area contributed by atoms with Crippen LogP contribution in [0.3, 0.4) is 0 Å². The molecule has 0 spiro atoms. The number of aromatic nitrogens is 2. The van der Waals surface area contributed by atoms with Gasteiger partial charge in [0.2, 0.25) is 5.91 Å². The first-order valence-corrected chi connectivity index (χ1v) is 8.10. The maximum atomic E-state index is 13.0. The zero-order valence-electron chi connectivity index (χ0n) is 13.4. The number of nitrogens with zero attached hydrogens (tertiary/aromatic N) is 3. The molecule has 1 aromatic heterocycles. The number of benzene rings is 2. The minimum atomic E-state index is -0.318. The van der Waals surface area contributed by atoms with Crippen LogP contribution in [0.5, 0.6) is 0 Å². The van der Waals surface area contributed by atoms with Crippen LogP contribution >= 0.6 is 0 Å². The molecule has 1 fully saturated rings. The predicted molar refractivity (Wildman–Crippen MR) is 88.9 cm³/mol. The van der Waals surface area contributed by atoms with Gasteiger partial charge in [-0.25, -0.2) is 4.39 Å². The number of carbonyl (C=O) groups is 1. The third-order valence-electron chi connectivity index (χ3n) is 4.33. The van der Waals surface area contributed by atoms with E-state index in [0.29, 0.717) is 36.8 Å². The van der Waals surface area contributed by atoms with E-state index in [-0.39, 0.29) is 17.6 Å². The summed E-state index contributed by atoms with van der Waals surface area (Å²) in [6.45, 7) is 1.15. The van der Waals surface area contributed by atoms with Gasteiger partial charge in [0.15, 0.2) is 5.82 Å². The average Bonchev–Trinajstić information content (AvgIpc) is 3.24. The van der Waals surface area contributed by atoms with Crippen molar-refractivity contribution in [3.05, 3.63) is 71.8 Å². The molecule has 2 aromatic carbocycles. The quantitative estimate of drug-likeness (QED) is 0.732. The Bertz CT molecular complexity index is 877. The Balaban J connectivity index is 1.48. The molecule has 1 saturated heterocycles. The Labute approximate surface area is 144 Å². The van der Waals surface area contributed by atoms with Crippen LogP contribution in [0.1, 0.15) is 23.7 Å². The summed E-state index contributed by atoms with van der Waals surface area (Å²) in [5.74, 6) is 0.532. The van der Waals surface area contributed by atoms with Gasteiger partial charge in [-0.3, -0.25) is 4.79 Å². The molecule has 0 aliphatic carbocycles. The molecule has 0 saturated carbocycles. The standard InChI is InChI=1S/C19H16FN3O2/c20-16-8-6-14(7-9-16)19-21-18(22-25-19)15-10-17(24)23(12-15)11-13-4-2-1-3-5-13/h1-9,15H,10-12H2/t15-/m1/s1. The molecule has 5 nitrogen and oxygen atoms in total. The summed E-state index contributed by atoms with van der Waals surface area (Å²) in [6, 6.07) is 15.8. The van der Waals surface area contributed by atoms with E-state index in [1.807, 2.05) is 35.2 Å². The molecule has 3 aromatic rings. The lowest BCUT2D eigenvalue weighted by Crippen LogP contribution is -2.24. The summed E-state index contributed by atoms with van der Waals surface area (Å²) in [7, 11) is 0. The highest BCUT2D eigenvalue weighted by molar-refractivity contribution is 5.79. The van der Waals surface area contributed by atoms with E-state index >= 15 is 0 Å². The maximum Gasteiger partial charge on any atom is 0.257 e. The van der Waals surface area contributed by atoms with Crippen LogP contribution in [-0.4, -0.2) is 27.5 Å². The van der Waals surface area contributed by atoms with Crippen molar-refractivity contribution in [3.8, 4) is 11.5 Å². The molecule has 0 N–H and O–H groups in total. The normalized spacial score (nSPS) is 17.2. The third-order valence-corrected chi connectivity index (χ3v) is 4.33. The maximum absolute atomic E-state index is 13.0. The topological polar surface area (TPSA) is 59.2 Å². The Morgan fingerprint density at radius 3 is 2.64 bits per heavy atom. The second kappa shape index (κ2) is 6.47. The summed E-state index contributed by atoms with van der Waals surface area (Å²) in [6.07, 6.45) is 0.370.